The van der Waals surface area contributed by atoms with E-state index in [2.05, 4.69) is 0 Å². The minimum Gasteiger partial charge on any atom is -0.461 e. The number of hydrogen-bond acceptors (Lipinski definition) is 8. The van der Waals surface area contributed by atoms with Gasteiger partial charge in [-0.1, -0.05) is 0 Å². The van der Waals surface area contributed by atoms with Gasteiger partial charge in [-0.3, -0.25) is 39.4 Å². The first-order valence-electron chi connectivity index (χ1n) is 7.21. The molecule has 0 aromatic carbocycles. The van der Waals surface area contributed by atoms with E-state index >= 15 is 0 Å². The van der Waals surface area contributed by atoms with Crippen molar-refractivity contribution in [3.8, 4) is 0 Å². The third kappa shape index (κ3) is 5.09. The van der Waals surface area contributed by atoms with Gasteiger partial charge in [-0.15, -0.1) is 0 Å². The van der Waals surface area contributed by atoms with E-state index in [1.54, 1.807) is 0 Å². The summed E-state index contributed by atoms with van der Waals surface area (Å²) in [4.78, 5) is 67.8. The zero-order chi connectivity index (χ0) is 18.6. The van der Waals surface area contributed by atoms with Crippen LogP contribution >= 0.6 is 0 Å². The molecule has 0 radical (unpaired) electrons. The molecule has 0 bridgehead atoms. The molecule has 132 valence electrons. The summed E-state index contributed by atoms with van der Waals surface area (Å²) in [6.07, 6.45) is 0.452. The Balaban J connectivity index is 1.72. The van der Waals surface area contributed by atoms with Gasteiger partial charge in [0.05, 0.1) is 12.8 Å². The first kappa shape index (κ1) is 18.0. The molecule has 2 aliphatic rings. The fourth-order valence-corrected chi connectivity index (χ4v) is 2.04. The number of amides is 4. The standard InChI is InChI=1S/C15H14N2O8/c1-7(25-13(21)5-9-3-11(19)17-15(9)23)6-24-12(20)4-8-2-10(18)16-14(8)22/h2-3,7H,4-6H2,1H3,(H,16,18,22)(H,17,19,23). The summed E-state index contributed by atoms with van der Waals surface area (Å²) in [5.74, 6) is -4.03. The lowest BCUT2D eigenvalue weighted by atomic mass is 10.2. The zero-order valence-electron chi connectivity index (χ0n) is 13.1. The first-order valence-corrected chi connectivity index (χ1v) is 7.21. The van der Waals surface area contributed by atoms with Crippen LogP contribution in [0, 0.1) is 0 Å². The summed E-state index contributed by atoms with van der Waals surface area (Å²) < 4.78 is 9.82. The fourth-order valence-electron chi connectivity index (χ4n) is 2.04. The highest BCUT2D eigenvalue weighted by molar-refractivity contribution is 6.18. The Labute approximate surface area is 141 Å². The maximum atomic E-state index is 11.7. The van der Waals surface area contributed by atoms with E-state index in [-0.39, 0.29) is 30.6 Å². The molecule has 1 atom stereocenters. The van der Waals surface area contributed by atoms with E-state index in [1.807, 2.05) is 10.6 Å². The van der Waals surface area contributed by atoms with Crippen molar-refractivity contribution in [2.45, 2.75) is 25.9 Å². The van der Waals surface area contributed by atoms with Crippen LogP contribution in [0.3, 0.4) is 0 Å². The molecule has 2 aliphatic heterocycles. The van der Waals surface area contributed by atoms with Gasteiger partial charge in [-0.2, -0.15) is 0 Å². The average molecular weight is 350 g/mol. The second-order valence-electron chi connectivity index (χ2n) is 5.31. The SMILES string of the molecule is CC(COC(=O)CC1=CC(=O)NC1=O)OC(=O)CC1=CC(=O)NC1=O. The molecule has 4 amide bonds. The van der Waals surface area contributed by atoms with Crippen LogP contribution in [0.25, 0.3) is 0 Å². The number of carbonyl (C=O) groups excluding carboxylic acids is 6. The second kappa shape index (κ2) is 7.51. The summed E-state index contributed by atoms with van der Waals surface area (Å²) >= 11 is 0. The largest absolute Gasteiger partial charge is 0.461 e. The monoisotopic (exact) mass is 350 g/mol. The summed E-state index contributed by atoms with van der Waals surface area (Å²) in [6, 6.07) is 0. The number of ether oxygens (including phenoxy) is 2. The van der Waals surface area contributed by atoms with Crippen LogP contribution in [0.15, 0.2) is 23.3 Å². The number of rotatable bonds is 7. The Bertz CT molecular complexity index is 734. The Morgan fingerprint density at radius 3 is 1.84 bits per heavy atom. The molecule has 25 heavy (non-hydrogen) atoms. The Morgan fingerprint density at radius 2 is 1.40 bits per heavy atom. The molecule has 1 unspecified atom stereocenters. The Morgan fingerprint density at radius 1 is 0.920 bits per heavy atom. The van der Waals surface area contributed by atoms with E-state index in [0.29, 0.717) is 0 Å². The third-order valence-electron chi connectivity index (χ3n) is 3.15. The third-order valence-corrected chi connectivity index (χ3v) is 3.15. The maximum absolute atomic E-state index is 11.7. The van der Waals surface area contributed by atoms with Gasteiger partial charge in [-0.05, 0) is 6.92 Å². The lowest BCUT2D eigenvalue weighted by Crippen LogP contribution is -2.26. The Kier molecular flexibility index (Phi) is 5.42. The normalized spacial score (nSPS) is 17.5. The minimum atomic E-state index is -0.801. The predicted molar refractivity (Wildman–Crippen MR) is 78.2 cm³/mol. The molecular weight excluding hydrogens is 336 g/mol. The Hall–Kier alpha value is -3.30. The smallest absolute Gasteiger partial charge is 0.310 e. The molecule has 10 nitrogen and oxygen atoms in total. The van der Waals surface area contributed by atoms with Gasteiger partial charge in [0.15, 0.2) is 0 Å². The van der Waals surface area contributed by atoms with Crippen LogP contribution < -0.4 is 10.6 Å². The maximum Gasteiger partial charge on any atom is 0.310 e. The van der Waals surface area contributed by atoms with E-state index in [0.717, 1.165) is 12.2 Å². The number of imide groups is 2. The first-order chi connectivity index (χ1) is 11.7. The van der Waals surface area contributed by atoms with Crippen molar-refractivity contribution in [2.24, 2.45) is 0 Å². The molecule has 0 saturated carbocycles. The molecule has 10 heteroatoms. The van der Waals surface area contributed by atoms with Gasteiger partial charge >= 0.3 is 11.9 Å². The van der Waals surface area contributed by atoms with Gasteiger partial charge in [0.1, 0.15) is 12.7 Å². The highest BCUT2D eigenvalue weighted by atomic mass is 16.6. The fraction of sp³-hybridized carbons (Fsp3) is 0.333. The van der Waals surface area contributed by atoms with E-state index < -0.39 is 41.7 Å². The van der Waals surface area contributed by atoms with Crippen molar-refractivity contribution in [3.63, 3.8) is 0 Å². The second-order valence-corrected chi connectivity index (χ2v) is 5.31. The molecule has 0 aliphatic carbocycles. The molecule has 2 rings (SSSR count). The molecule has 2 N–H and O–H groups in total. The van der Waals surface area contributed by atoms with Gasteiger partial charge in [0.25, 0.3) is 23.6 Å². The van der Waals surface area contributed by atoms with Crippen molar-refractivity contribution >= 4 is 35.6 Å². The van der Waals surface area contributed by atoms with Crippen molar-refractivity contribution in [3.05, 3.63) is 23.3 Å². The molecule has 0 saturated heterocycles. The molecule has 0 fully saturated rings. The molecule has 0 spiro atoms. The summed E-state index contributed by atoms with van der Waals surface area (Å²) in [6.45, 7) is 1.20. The highest BCUT2D eigenvalue weighted by Gasteiger charge is 2.25. The lowest BCUT2D eigenvalue weighted by molar-refractivity contribution is -0.157. The van der Waals surface area contributed by atoms with E-state index in [9.17, 15) is 28.8 Å². The quantitative estimate of drug-likeness (QED) is 0.413. The van der Waals surface area contributed by atoms with Crippen molar-refractivity contribution in [2.75, 3.05) is 6.61 Å². The van der Waals surface area contributed by atoms with Crippen LogP contribution in [-0.2, 0) is 38.2 Å². The van der Waals surface area contributed by atoms with Gasteiger partial charge in [0, 0.05) is 23.3 Å². The average Bonchev–Trinajstić information content (AvgIpc) is 2.98. The molecule has 0 aromatic rings. The molecule has 2 heterocycles. The molecule has 0 aromatic heterocycles. The summed E-state index contributed by atoms with van der Waals surface area (Å²) in [7, 11) is 0. The van der Waals surface area contributed by atoms with Gasteiger partial charge in [-0.25, -0.2) is 0 Å². The summed E-state index contributed by atoms with van der Waals surface area (Å²) in [5.41, 5.74) is -0.0217. The van der Waals surface area contributed by atoms with E-state index in [1.165, 1.54) is 6.92 Å². The van der Waals surface area contributed by atoms with Crippen molar-refractivity contribution < 1.29 is 38.2 Å². The van der Waals surface area contributed by atoms with Crippen molar-refractivity contribution in [1.29, 1.82) is 0 Å². The lowest BCUT2D eigenvalue weighted by Gasteiger charge is -2.13. The number of hydrogen-bond donors (Lipinski definition) is 2. The van der Waals surface area contributed by atoms with Crippen LogP contribution in [0.5, 0.6) is 0 Å². The number of nitrogens with one attached hydrogen (secondary N) is 2. The van der Waals surface area contributed by atoms with E-state index in [4.69, 9.17) is 9.47 Å². The van der Waals surface area contributed by atoms with Gasteiger partial charge < -0.3 is 9.47 Å². The van der Waals surface area contributed by atoms with Crippen LogP contribution in [0.1, 0.15) is 19.8 Å². The van der Waals surface area contributed by atoms with Gasteiger partial charge in [0.2, 0.25) is 0 Å². The minimum absolute atomic E-state index is 0.0107. The number of carbonyl (C=O) groups is 6. The molecular formula is C15H14N2O8. The summed E-state index contributed by atoms with van der Waals surface area (Å²) in [5, 5.41) is 3.99. The number of esters is 2. The zero-order valence-corrected chi connectivity index (χ0v) is 13.1. The highest BCUT2D eigenvalue weighted by Crippen LogP contribution is 2.11. The van der Waals surface area contributed by atoms with Crippen LogP contribution in [0.2, 0.25) is 0 Å². The predicted octanol–water partition coefficient (Wildman–Crippen LogP) is -1.59. The topological polar surface area (TPSA) is 145 Å². The van der Waals surface area contributed by atoms with Crippen LogP contribution in [-0.4, -0.2) is 48.3 Å². The van der Waals surface area contributed by atoms with Crippen molar-refractivity contribution in [1.82, 2.24) is 10.6 Å². The van der Waals surface area contributed by atoms with Crippen LogP contribution in [0.4, 0.5) is 0 Å².